The summed E-state index contributed by atoms with van der Waals surface area (Å²) in [5.41, 5.74) is 5.43. The lowest BCUT2D eigenvalue weighted by Crippen LogP contribution is -2.29. The molecule has 2 heterocycles. The van der Waals surface area contributed by atoms with Crippen LogP contribution in [0.15, 0.2) is 84.9 Å². The van der Waals surface area contributed by atoms with Crippen molar-refractivity contribution in [3.8, 4) is 11.1 Å². The standard InChI is InChI=1S/C30H20N2O4/c1-17-7-3-5-9-25(17)31-27(33)21-13-11-19(15-23(21)29(31)35)20-12-14-22-24(16-20)30(36)32(28(22)34)26-10-6-4-8-18(26)2/h3-16H,1-2H3. The Labute approximate surface area is 207 Å². The van der Waals surface area contributed by atoms with Gasteiger partial charge in [0.15, 0.2) is 0 Å². The minimum Gasteiger partial charge on any atom is -0.268 e. The van der Waals surface area contributed by atoms with Gasteiger partial charge < -0.3 is 0 Å². The van der Waals surface area contributed by atoms with E-state index in [2.05, 4.69) is 0 Å². The number of anilines is 2. The van der Waals surface area contributed by atoms with Crippen LogP contribution in [0.4, 0.5) is 11.4 Å². The molecule has 4 amide bonds. The summed E-state index contributed by atoms with van der Waals surface area (Å²) in [5.74, 6) is -1.49. The number of rotatable bonds is 3. The molecule has 0 aromatic heterocycles. The first-order chi connectivity index (χ1) is 17.4. The quantitative estimate of drug-likeness (QED) is 0.365. The number of carbonyl (C=O) groups excluding carboxylic acids is 4. The lowest BCUT2D eigenvalue weighted by Gasteiger charge is -2.16. The highest BCUT2D eigenvalue weighted by molar-refractivity contribution is 6.36. The van der Waals surface area contributed by atoms with Crippen LogP contribution in [0.5, 0.6) is 0 Å². The first-order valence-corrected chi connectivity index (χ1v) is 11.5. The Hall–Kier alpha value is -4.84. The highest BCUT2D eigenvalue weighted by Crippen LogP contribution is 2.36. The largest absolute Gasteiger partial charge is 0.268 e. The number of imide groups is 2. The van der Waals surface area contributed by atoms with E-state index in [1.807, 2.05) is 38.1 Å². The summed E-state index contributed by atoms with van der Waals surface area (Å²) in [6, 6.07) is 24.7. The van der Waals surface area contributed by atoms with Crippen molar-refractivity contribution in [2.75, 3.05) is 9.80 Å². The summed E-state index contributed by atoms with van der Waals surface area (Å²) in [7, 11) is 0. The van der Waals surface area contributed by atoms with Crippen molar-refractivity contribution < 1.29 is 19.2 Å². The Bertz CT molecular complexity index is 1530. The Balaban J connectivity index is 1.38. The number of hydrogen-bond donors (Lipinski definition) is 0. The summed E-state index contributed by atoms with van der Waals surface area (Å²) < 4.78 is 0. The molecule has 0 unspecified atom stereocenters. The van der Waals surface area contributed by atoms with Crippen molar-refractivity contribution in [2.45, 2.75) is 13.8 Å². The van der Waals surface area contributed by atoms with E-state index in [0.29, 0.717) is 44.8 Å². The molecule has 2 aliphatic heterocycles. The second kappa shape index (κ2) is 7.85. The Morgan fingerprint density at radius 3 is 1.19 bits per heavy atom. The molecule has 0 bridgehead atoms. The molecule has 0 N–H and O–H groups in total. The smallest absolute Gasteiger partial charge is 0.266 e. The summed E-state index contributed by atoms with van der Waals surface area (Å²) in [5, 5.41) is 0. The van der Waals surface area contributed by atoms with E-state index in [4.69, 9.17) is 0 Å². The van der Waals surface area contributed by atoms with E-state index in [9.17, 15) is 19.2 Å². The van der Waals surface area contributed by atoms with E-state index in [0.717, 1.165) is 11.1 Å². The van der Waals surface area contributed by atoms with Crippen molar-refractivity contribution in [1.29, 1.82) is 0 Å². The zero-order valence-electron chi connectivity index (χ0n) is 19.6. The fourth-order valence-electron chi connectivity index (χ4n) is 4.91. The lowest BCUT2D eigenvalue weighted by molar-refractivity contribution is 0.0910. The average Bonchev–Trinajstić information content (AvgIpc) is 3.28. The molecular weight excluding hydrogens is 452 g/mol. The number of nitrogens with zero attached hydrogens (tertiary/aromatic N) is 2. The number of fused-ring (bicyclic) bond motifs is 2. The van der Waals surface area contributed by atoms with Crippen LogP contribution in [0.3, 0.4) is 0 Å². The molecular formula is C30H20N2O4. The molecule has 0 spiro atoms. The maximum absolute atomic E-state index is 13.3. The maximum Gasteiger partial charge on any atom is 0.266 e. The van der Waals surface area contributed by atoms with Crippen LogP contribution in [0.25, 0.3) is 11.1 Å². The number of benzene rings is 4. The Morgan fingerprint density at radius 1 is 0.444 bits per heavy atom. The van der Waals surface area contributed by atoms with Crippen LogP contribution in [0, 0.1) is 13.8 Å². The first kappa shape index (κ1) is 21.7. The highest BCUT2D eigenvalue weighted by atomic mass is 16.2. The highest BCUT2D eigenvalue weighted by Gasteiger charge is 2.39. The fourth-order valence-corrected chi connectivity index (χ4v) is 4.91. The van der Waals surface area contributed by atoms with Crippen LogP contribution >= 0.6 is 0 Å². The monoisotopic (exact) mass is 472 g/mol. The van der Waals surface area contributed by atoms with Gasteiger partial charge in [0, 0.05) is 0 Å². The first-order valence-electron chi connectivity index (χ1n) is 11.5. The molecule has 6 nitrogen and oxygen atoms in total. The van der Waals surface area contributed by atoms with Gasteiger partial charge in [0.25, 0.3) is 23.6 Å². The molecule has 2 aliphatic rings. The molecule has 36 heavy (non-hydrogen) atoms. The van der Waals surface area contributed by atoms with Crippen LogP contribution in [-0.4, -0.2) is 23.6 Å². The third kappa shape index (κ3) is 3.04. The van der Waals surface area contributed by atoms with Crippen LogP contribution in [-0.2, 0) is 0 Å². The second-order valence-corrected chi connectivity index (χ2v) is 8.99. The van der Waals surface area contributed by atoms with Crippen molar-refractivity contribution in [3.05, 3.63) is 118 Å². The average molecular weight is 473 g/mol. The van der Waals surface area contributed by atoms with Gasteiger partial charge in [-0.2, -0.15) is 0 Å². The van der Waals surface area contributed by atoms with Crippen molar-refractivity contribution in [3.63, 3.8) is 0 Å². The van der Waals surface area contributed by atoms with Gasteiger partial charge in [-0.05, 0) is 72.5 Å². The number of amides is 4. The summed E-state index contributed by atoms with van der Waals surface area (Å²) in [4.78, 5) is 55.0. The van der Waals surface area contributed by atoms with E-state index in [-0.39, 0.29) is 23.6 Å². The van der Waals surface area contributed by atoms with E-state index < -0.39 is 0 Å². The normalized spacial score (nSPS) is 14.5. The number of hydrogen-bond acceptors (Lipinski definition) is 4. The van der Waals surface area contributed by atoms with Gasteiger partial charge in [0.05, 0.1) is 33.6 Å². The number of para-hydroxylation sites is 2. The predicted molar refractivity (Wildman–Crippen MR) is 137 cm³/mol. The molecule has 0 saturated heterocycles. The van der Waals surface area contributed by atoms with Gasteiger partial charge in [0.2, 0.25) is 0 Å². The van der Waals surface area contributed by atoms with Gasteiger partial charge in [-0.3, -0.25) is 19.2 Å². The van der Waals surface area contributed by atoms with Crippen molar-refractivity contribution in [1.82, 2.24) is 0 Å². The predicted octanol–water partition coefficient (Wildman–Crippen LogP) is 5.57. The van der Waals surface area contributed by atoms with Gasteiger partial charge >= 0.3 is 0 Å². The van der Waals surface area contributed by atoms with Crippen molar-refractivity contribution >= 4 is 35.0 Å². The minimum absolute atomic E-state index is 0.310. The number of aryl methyl sites for hydroxylation is 2. The topological polar surface area (TPSA) is 74.8 Å². The summed E-state index contributed by atoms with van der Waals surface area (Å²) >= 11 is 0. The molecule has 0 saturated carbocycles. The Morgan fingerprint density at radius 2 is 0.806 bits per heavy atom. The van der Waals surface area contributed by atoms with Gasteiger partial charge in [-0.1, -0.05) is 48.5 Å². The molecule has 4 aromatic carbocycles. The second-order valence-electron chi connectivity index (χ2n) is 8.99. The van der Waals surface area contributed by atoms with Gasteiger partial charge in [-0.25, -0.2) is 9.80 Å². The third-order valence-corrected chi connectivity index (χ3v) is 6.82. The fraction of sp³-hybridized carbons (Fsp3) is 0.0667. The molecule has 6 rings (SSSR count). The molecule has 4 aromatic rings. The molecule has 0 aliphatic carbocycles. The molecule has 0 radical (unpaired) electrons. The molecule has 174 valence electrons. The maximum atomic E-state index is 13.3. The molecule has 0 atom stereocenters. The van der Waals surface area contributed by atoms with Gasteiger partial charge in [0.1, 0.15) is 0 Å². The Kier molecular flexibility index (Phi) is 4.73. The van der Waals surface area contributed by atoms with E-state index in [1.165, 1.54) is 9.80 Å². The zero-order valence-corrected chi connectivity index (χ0v) is 19.6. The van der Waals surface area contributed by atoms with E-state index in [1.54, 1.807) is 60.7 Å². The van der Waals surface area contributed by atoms with Crippen LogP contribution in [0.2, 0.25) is 0 Å². The van der Waals surface area contributed by atoms with E-state index >= 15 is 0 Å². The summed E-state index contributed by atoms with van der Waals surface area (Å²) in [6.45, 7) is 3.71. The van der Waals surface area contributed by atoms with Crippen LogP contribution in [0.1, 0.15) is 52.6 Å². The van der Waals surface area contributed by atoms with Crippen LogP contribution < -0.4 is 9.80 Å². The minimum atomic E-state index is -0.385. The molecule has 6 heteroatoms. The SMILES string of the molecule is Cc1ccccc1N1C(=O)c2ccc(-c3ccc4c(c3)C(=O)N(c3ccccc3C)C4=O)cc2C1=O. The van der Waals surface area contributed by atoms with Crippen molar-refractivity contribution in [2.24, 2.45) is 0 Å². The lowest BCUT2D eigenvalue weighted by atomic mass is 9.97. The summed E-state index contributed by atoms with van der Waals surface area (Å²) in [6.07, 6.45) is 0. The third-order valence-electron chi connectivity index (χ3n) is 6.82. The number of carbonyl (C=O) groups is 4. The zero-order chi connectivity index (χ0) is 25.1. The van der Waals surface area contributed by atoms with Gasteiger partial charge in [-0.15, -0.1) is 0 Å². The molecule has 0 fully saturated rings.